The number of nitrogens with zero attached hydrogens (tertiary/aromatic N) is 1. The third-order valence-electron chi connectivity index (χ3n) is 2.82. The Morgan fingerprint density at radius 2 is 1.71 bits per heavy atom. The molecule has 0 aromatic carbocycles. The second-order valence-electron chi connectivity index (χ2n) is 3.83. The topological polar surface area (TPSA) is 23.1 Å². The number of quaternary nitrogens is 1. The first kappa shape index (κ1) is 13.7. The maximum absolute atomic E-state index is 11.9. The molecule has 0 N–H and O–H groups in total. The number of hydrogen-bond acceptors (Lipinski definition) is 1. The van der Waals surface area contributed by atoms with Gasteiger partial charge in [0.25, 0.3) is 0 Å². The molecule has 0 aliphatic carbocycles. The highest BCUT2D eigenvalue weighted by Gasteiger charge is 2.09. The van der Waals surface area contributed by atoms with Crippen LogP contribution < -0.4 is 0 Å². The largest absolute Gasteiger partial charge is 0.633 e. The van der Waals surface area contributed by atoms with Crippen LogP contribution in [0.4, 0.5) is 0 Å². The minimum atomic E-state index is -0.0103. The van der Waals surface area contributed by atoms with E-state index in [0.29, 0.717) is 13.1 Å². The molecule has 0 amide bonds. The van der Waals surface area contributed by atoms with E-state index in [4.69, 9.17) is 0 Å². The van der Waals surface area contributed by atoms with Gasteiger partial charge in [0.15, 0.2) is 0 Å². The normalized spacial score (nSPS) is 12.6. The average Bonchev–Trinajstić information content (AvgIpc) is 2.23. The average molecular weight is 199 g/mol. The number of allylic oxidation sites excluding steroid dienone is 2. The summed E-state index contributed by atoms with van der Waals surface area (Å²) in [6.45, 7) is 8.24. The van der Waals surface area contributed by atoms with Crippen LogP contribution in [0.5, 0.6) is 0 Å². The molecule has 0 saturated heterocycles. The van der Waals surface area contributed by atoms with Gasteiger partial charge < -0.3 is 9.85 Å². The highest BCUT2D eigenvalue weighted by Crippen LogP contribution is 2.08. The molecule has 0 aliphatic rings. The molecule has 0 aromatic heterocycles. The molecule has 0 aliphatic heterocycles. The maximum atomic E-state index is 11.9. The molecule has 0 aromatic rings. The minimum absolute atomic E-state index is 0.0103. The summed E-state index contributed by atoms with van der Waals surface area (Å²) in [7, 11) is 0. The lowest BCUT2D eigenvalue weighted by Gasteiger charge is -2.41. The fourth-order valence-corrected chi connectivity index (χ4v) is 1.55. The minimum Gasteiger partial charge on any atom is -0.633 e. The highest BCUT2D eigenvalue weighted by molar-refractivity contribution is 4.76. The summed E-state index contributed by atoms with van der Waals surface area (Å²) in [4.78, 5) is 0. The van der Waals surface area contributed by atoms with E-state index in [1.54, 1.807) is 0 Å². The van der Waals surface area contributed by atoms with Crippen LogP contribution >= 0.6 is 0 Å². The Morgan fingerprint density at radius 3 is 2.21 bits per heavy atom. The van der Waals surface area contributed by atoms with Crippen molar-refractivity contribution in [3.8, 4) is 0 Å². The van der Waals surface area contributed by atoms with Crippen molar-refractivity contribution in [3.05, 3.63) is 17.4 Å². The first-order valence-electron chi connectivity index (χ1n) is 5.86. The molecule has 0 atom stereocenters. The molecule has 0 radical (unpaired) electrons. The van der Waals surface area contributed by atoms with Crippen LogP contribution in [0.3, 0.4) is 0 Å². The molecule has 0 fully saturated rings. The van der Waals surface area contributed by atoms with Gasteiger partial charge in [-0.3, -0.25) is 0 Å². The van der Waals surface area contributed by atoms with E-state index < -0.39 is 0 Å². The van der Waals surface area contributed by atoms with E-state index in [1.165, 1.54) is 12.8 Å². The van der Waals surface area contributed by atoms with Gasteiger partial charge in [-0.2, -0.15) is 0 Å². The quantitative estimate of drug-likeness (QED) is 0.254. The van der Waals surface area contributed by atoms with Crippen molar-refractivity contribution in [3.63, 3.8) is 0 Å². The first-order chi connectivity index (χ1) is 6.68. The van der Waals surface area contributed by atoms with E-state index in [0.717, 1.165) is 19.4 Å². The Kier molecular flexibility index (Phi) is 7.81. The summed E-state index contributed by atoms with van der Waals surface area (Å²) in [6, 6.07) is 0. The second-order valence-corrected chi connectivity index (χ2v) is 3.83. The van der Waals surface area contributed by atoms with Gasteiger partial charge in [-0.25, -0.2) is 0 Å². The Labute approximate surface area is 88.8 Å². The number of hydroxylamine groups is 3. The Morgan fingerprint density at radius 1 is 1.07 bits per heavy atom. The molecule has 84 valence electrons. The van der Waals surface area contributed by atoms with E-state index in [1.807, 2.05) is 20.8 Å². The van der Waals surface area contributed by atoms with E-state index in [-0.39, 0.29) is 4.65 Å². The lowest BCUT2D eigenvalue weighted by Crippen LogP contribution is -2.42. The maximum Gasteiger partial charge on any atom is 0.0783 e. The molecule has 0 saturated carbocycles. The van der Waals surface area contributed by atoms with E-state index in [9.17, 15) is 5.21 Å². The van der Waals surface area contributed by atoms with Gasteiger partial charge >= 0.3 is 0 Å². The third kappa shape index (κ3) is 6.17. The molecule has 2 heteroatoms. The Hall–Kier alpha value is -0.340. The molecule has 0 rings (SSSR count). The van der Waals surface area contributed by atoms with Gasteiger partial charge in [-0.05, 0) is 46.5 Å². The van der Waals surface area contributed by atoms with Gasteiger partial charge in [0.1, 0.15) is 0 Å². The smallest absolute Gasteiger partial charge is 0.0783 e. The third-order valence-corrected chi connectivity index (χ3v) is 2.82. The molecule has 0 bridgehead atoms. The number of unbranched alkanes of at least 4 members (excludes halogenated alkanes) is 3. The summed E-state index contributed by atoms with van der Waals surface area (Å²) in [5, 5.41) is 11.9. The number of rotatable bonds is 8. The van der Waals surface area contributed by atoms with Gasteiger partial charge in [-0.1, -0.05) is 12.2 Å². The predicted molar refractivity (Wildman–Crippen MR) is 62.9 cm³/mol. The van der Waals surface area contributed by atoms with E-state index >= 15 is 0 Å². The van der Waals surface area contributed by atoms with Gasteiger partial charge in [0.05, 0.1) is 19.6 Å². The highest BCUT2D eigenvalue weighted by atomic mass is 16.5. The fourth-order valence-electron chi connectivity index (χ4n) is 1.55. The van der Waals surface area contributed by atoms with Crippen molar-refractivity contribution in [2.24, 2.45) is 0 Å². The van der Waals surface area contributed by atoms with Crippen LogP contribution in [0.1, 0.15) is 46.5 Å². The second kappa shape index (κ2) is 8.01. The zero-order valence-corrected chi connectivity index (χ0v) is 9.96. The van der Waals surface area contributed by atoms with Crippen LogP contribution in [-0.4, -0.2) is 24.3 Å². The molecule has 0 heterocycles. The SMILES string of the molecule is C/C=C/CCCCC[N+]([O-])(CC)CC. The summed E-state index contributed by atoms with van der Waals surface area (Å²) in [5.74, 6) is 0. The summed E-state index contributed by atoms with van der Waals surface area (Å²) in [6.07, 6.45) is 8.92. The van der Waals surface area contributed by atoms with Gasteiger partial charge in [-0.15, -0.1) is 0 Å². The molecule has 2 nitrogen and oxygen atoms in total. The van der Waals surface area contributed by atoms with Gasteiger partial charge in [0.2, 0.25) is 0 Å². The molecular weight excluding hydrogens is 174 g/mol. The van der Waals surface area contributed by atoms with Crippen LogP contribution in [-0.2, 0) is 0 Å². The van der Waals surface area contributed by atoms with Crippen molar-refractivity contribution < 1.29 is 4.65 Å². The first-order valence-corrected chi connectivity index (χ1v) is 5.86. The van der Waals surface area contributed by atoms with Crippen molar-refractivity contribution in [2.75, 3.05) is 19.6 Å². The van der Waals surface area contributed by atoms with Gasteiger partial charge in [0, 0.05) is 0 Å². The van der Waals surface area contributed by atoms with Crippen molar-refractivity contribution >= 4 is 0 Å². The lowest BCUT2D eigenvalue weighted by atomic mass is 10.2. The molecule has 0 spiro atoms. The zero-order valence-electron chi connectivity index (χ0n) is 9.96. The zero-order chi connectivity index (χ0) is 10.9. The fraction of sp³-hybridized carbons (Fsp3) is 0.833. The molecular formula is C12H25NO. The van der Waals surface area contributed by atoms with Crippen LogP contribution in [0.2, 0.25) is 0 Å². The van der Waals surface area contributed by atoms with Crippen molar-refractivity contribution in [1.82, 2.24) is 0 Å². The van der Waals surface area contributed by atoms with Crippen LogP contribution in [0, 0.1) is 5.21 Å². The monoisotopic (exact) mass is 199 g/mol. The van der Waals surface area contributed by atoms with Crippen LogP contribution in [0.15, 0.2) is 12.2 Å². The Balaban J connectivity index is 3.43. The molecule has 14 heavy (non-hydrogen) atoms. The van der Waals surface area contributed by atoms with Crippen LogP contribution in [0.25, 0.3) is 0 Å². The summed E-state index contributed by atoms with van der Waals surface area (Å²) >= 11 is 0. The number of hydrogen-bond donors (Lipinski definition) is 0. The predicted octanol–water partition coefficient (Wildman–Crippen LogP) is 3.48. The standard InChI is InChI=1S/C12H25NO/c1-4-7-8-9-10-11-12-13(14,5-2)6-3/h4,7H,5-6,8-12H2,1-3H3/b7-4+. The lowest BCUT2D eigenvalue weighted by molar-refractivity contribution is -0.877. The summed E-state index contributed by atoms with van der Waals surface area (Å²) < 4.78 is -0.0103. The van der Waals surface area contributed by atoms with Crippen molar-refractivity contribution in [2.45, 2.75) is 46.5 Å². The van der Waals surface area contributed by atoms with Crippen molar-refractivity contribution in [1.29, 1.82) is 0 Å². The molecule has 0 unspecified atom stereocenters. The summed E-state index contributed by atoms with van der Waals surface area (Å²) in [5.41, 5.74) is 0. The Bertz CT molecular complexity index is 150. The van der Waals surface area contributed by atoms with E-state index in [2.05, 4.69) is 12.2 Å².